The predicted molar refractivity (Wildman–Crippen MR) is 15.3 cm³/mol. The number of aliphatic carboxylic acids is 2. The van der Waals surface area contributed by atoms with Gasteiger partial charge in [0.15, 0.2) is 0 Å². The van der Waals surface area contributed by atoms with Crippen LogP contribution in [0, 0.1) is 82.1 Å². The summed E-state index contributed by atoms with van der Waals surface area (Å²) in [6.45, 7) is 0. The maximum Gasteiger partial charge on any atom is 0.414 e. The molecule has 0 bridgehead atoms. The first kappa shape index (κ1) is 16.3. The van der Waals surface area contributed by atoms with Gasteiger partial charge in [-0.05, 0) is 0 Å². The molecule has 0 spiro atoms. The number of carboxylic acid groups (broad SMARTS) is 2. The molecule has 0 aliphatic carbocycles. The van der Waals surface area contributed by atoms with Gasteiger partial charge >= 0.3 is 11.9 Å². The van der Waals surface area contributed by atoms with Crippen molar-refractivity contribution in [3.05, 3.63) is 0 Å². The molecule has 0 atom stereocenters. The van der Waals surface area contributed by atoms with Gasteiger partial charge in [0, 0.05) is 82.1 Å². The molecule has 41 valence electrons. The first-order chi connectivity index (χ1) is 2.64. The molecule has 0 saturated carbocycles. The van der Waals surface area contributed by atoms with Crippen molar-refractivity contribution in [1.29, 1.82) is 0 Å². The smallest absolute Gasteiger partial charge is 0.414 e. The van der Waals surface area contributed by atoms with Crippen molar-refractivity contribution in [2.24, 2.45) is 0 Å². The monoisotopic (exact) mass is 373 g/mol. The fourth-order valence-electron chi connectivity index (χ4n) is 0. The topological polar surface area (TPSA) is 74.6 Å². The minimum atomic E-state index is -1.82. The van der Waals surface area contributed by atoms with Crippen LogP contribution < -0.4 is 0 Å². The van der Waals surface area contributed by atoms with Gasteiger partial charge in [0.1, 0.15) is 0 Å². The van der Waals surface area contributed by atoms with E-state index in [2.05, 4.69) is 0 Å². The zero-order chi connectivity index (χ0) is 5.15. The van der Waals surface area contributed by atoms with E-state index in [0.717, 1.165) is 0 Å². The molecule has 6 heteroatoms. The van der Waals surface area contributed by atoms with Gasteiger partial charge in [0.25, 0.3) is 0 Å². The van der Waals surface area contributed by atoms with E-state index in [-0.39, 0.29) is 82.1 Å². The largest absolute Gasteiger partial charge is 0.473 e. The van der Waals surface area contributed by atoms with Gasteiger partial charge < -0.3 is 10.2 Å². The van der Waals surface area contributed by atoms with Crippen LogP contribution in [-0.4, -0.2) is 22.2 Å². The summed E-state index contributed by atoms with van der Waals surface area (Å²) in [6, 6.07) is 0. The van der Waals surface area contributed by atoms with Crippen molar-refractivity contribution in [2.45, 2.75) is 0 Å². The Labute approximate surface area is 112 Å². The van der Waals surface area contributed by atoms with Crippen LogP contribution in [0.25, 0.3) is 0 Å². The summed E-state index contributed by atoms with van der Waals surface area (Å²) < 4.78 is 0. The molecule has 4 nitrogen and oxygen atoms in total. The van der Waals surface area contributed by atoms with E-state index in [0.29, 0.717) is 0 Å². The zero-order valence-electron chi connectivity index (χ0n) is 3.79. The summed E-state index contributed by atoms with van der Waals surface area (Å²) in [5.41, 5.74) is 0. The van der Waals surface area contributed by atoms with Crippen LogP contribution in [0.3, 0.4) is 0 Å². The molecule has 8 heavy (non-hydrogen) atoms. The SMILES string of the molecule is O=C(O)C(=O)O.[Nd].[Pr]. The summed E-state index contributed by atoms with van der Waals surface area (Å²) in [5.74, 6) is -3.65. The molecule has 0 unspecified atom stereocenters. The van der Waals surface area contributed by atoms with Crippen molar-refractivity contribution in [3.63, 3.8) is 0 Å². The van der Waals surface area contributed by atoms with Crippen molar-refractivity contribution >= 4 is 11.9 Å². The van der Waals surface area contributed by atoms with Gasteiger partial charge in [-0.15, -0.1) is 0 Å². The molecule has 0 aromatic heterocycles. The van der Waals surface area contributed by atoms with Crippen LogP contribution in [0.2, 0.25) is 0 Å². The van der Waals surface area contributed by atoms with E-state index in [1.807, 2.05) is 0 Å². The van der Waals surface area contributed by atoms with Crippen LogP contribution >= 0.6 is 0 Å². The molecular formula is C2H2NdO4Pr. The van der Waals surface area contributed by atoms with Crippen molar-refractivity contribution in [1.82, 2.24) is 0 Å². The van der Waals surface area contributed by atoms with Gasteiger partial charge in [-0.2, -0.15) is 0 Å². The van der Waals surface area contributed by atoms with Gasteiger partial charge in [-0.25, -0.2) is 9.59 Å². The molecule has 0 saturated heterocycles. The van der Waals surface area contributed by atoms with E-state index in [1.165, 1.54) is 0 Å². The summed E-state index contributed by atoms with van der Waals surface area (Å²) in [7, 11) is 0. The Morgan fingerprint density at radius 3 is 1.12 bits per heavy atom. The summed E-state index contributed by atoms with van der Waals surface area (Å²) in [4.78, 5) is 18.2. The van der Waals surface area contributed by atoms with Crippen LogP contribution in [0.1, 0.15) is 0 Å². The van der Waals surface area contributed by atoms with E-state index in [1.54, 1.807) is 0 Å². The maximum absolute atomic E-state index is 9.10. The second kappa shape index (κ2) is 8.65. The Bertz CT molecular complexity index is 80.0. The third-order valence-corrected chi connectivity index (χ3v) is 0.183. The van der Waals surface area contributed by atoms with Crippen molar-refractivity contribution in [2.75, 3.05) is 0 Å². The summed E-state index contributed by atoms with van der Waals surface area (Å²) in [6.07, 6.45) is 0. The van der Waals surface area contributed by atoms with Gasteiger partial charge in [-0.3, -0.25) is 0 Å². The number of carbonyl (C=O) groups is 2. The first-order valence-electron chi connectivity index (χ1n) is 1.11. The Kier molecular flexibility index (Phi) is 17.7. The van der Waals surface area contributed by atoms with Crippen molar-refractivity contribution < 1.29 is 102 Å². The van der Waals surface area contributed by atoms with Crippen LogP contribution in [0.15, 0.2) is 0 Å². The Morgan fingerprint density at radius 1 is 1.00 bits per heavy atom. The average molecular weight is 375 g/mol. The molecule has 0 aromatic carbocycles. The van der Waals surface area contributed by atoms with E-state index in [4.69, 9.17) is 19.8 Å². The predicted octanol–water partition coefficient (Wildman–Crippen LogP) is -0.844. The number of hydrogen-bond acceptors (Lipinski definition) is 2. The molecule has 2 N–H and O–H groups in total. The van der Waals surface area contributed by atoms with Crippen molar-refractivity contribution in [3.8, 4) is 0 Å². The quantitative estimate of drug-likeness (QED) is 0.542. The minimum absolute atomic E-state index is 0. The molecule has 1 radical (unpaired) electrons. The summed E-state index contributed by atoms with van der Waals surface area (Å²) in [5, 5.41) is 14.8. The third-order valence-electron chi connectivity index (χ3n) is 0.183. The van der Waals surface area contributed by atoms with Gasteiger partial charge in [0.05, 0.1) is 0 Å². The van der Waals surface area contributed by atoms with Crippen LogP contribution in [-0.2, 0) is 9.59 Å². The first-order valence-corrected chi connectivity index (χ1v) is 1.11. The van der Waals surface area contributed by atoms with Crippen LogP contribution in [0.5, 0.6) is 0 Å². The fraction of sp³-hybridized carbons (Fsp3) is 0. The standard InChI is InChI=1S/C2H2O4.Nd.Pr/c3-1(4)2(5)6;;/h(H,3,4)(H,5,6);;. The van der Waals surface area contributed by atoms with E-state index < -0.39 is 11.9 Å². The molecule has 0 heterocycles. The zero-order valence-corrected chi connectivity index (χ0v) is 10.7. The second-order valence-corrected chi connectivity index (χ2v) is 0.610. The second-order valence-electron chi connectivity index (χ2n) is 0.610. The average Bonchev–Trinajstić information content (AvgIpc) is 1.36. The third kappa shape index (κ3) is 10.6. The number of carboxylic acids is 2. The molecule has 0 aromatic rings. The van der Waals surface area contributed by atoms with E-state index in [9.17, 15) is 0 Å². The molecule has 0 amide bonds. The van der Waals surface area contributed by atoms with Gasteiger partial charge in [0.2, 0.25) is 0 Å². The molecule has 0 aliphatic heterocycles. The molecular weight excluding hydrogens is 373 g/mol. The van der Waals surface area contributed by atoms with E-state index >= 15 is 0 Å². The maximum atomic E-state index is 9.10. The fourth-order valence-corrected chi connectivity index (χ4v) is 0. The Hall–Kier alpha value is 1.65. The minimum Gasteiger partial charge on any atom is -0.473 e. The van der Waals surface area contributed by atoms with Gasteiger partial charge in [-0.1, -0.05) is 0 Å². The normalized spacial score (nSPS) is 5.50. The molecule has 0 rings (SSSR count). The number of rotatable bonds is 0. The molecule has 0 fully saturated rings. The Morgan fingerprint density at radius 2 is 1.12 bits per heavy atom. The van der Waals surface area contributed by atoms with Crippen LogP contribution in [0.4, 0.5) is 0 Å². The molecule has 0 aliphatic rings. The summed E-state index contributed by atoms with van der Waals surface area (Å²) >= 11 is 0. The number of hydrogen-bond donors (Lipinski definition) is 2. The Balaban J connectivity index is -0.000000125.